The first-order valence-electron chi connectivity index (χ1n) is 28.4. The Hall–Kier alpha value is -6.16. The normalized spacial score (nSPS) is 26.1. The van der Waals surface area contributed by atoms with E-state index in [9.17, 15) is 53.1 Å². The third-order valence-corrected chi connectivity index (χ3v) is 15.2. The fourth-order valence-electron chi connectivity index (χ4n) is 10.2. The standard InChI is InChI=1S/C58H96N10O12/c1-18-37(6)48-50(72)61-47(56(78)68-27-23-20-24-28-68)54(76)62(12)33-38(7)51(73)65(15)44(30-36(4)5)53(75)64(14)43(31-40-25-21-19-22-26-40)49(71)60-46(39(8)69)55(77)67(17)57(79)63(13)41(29-35(2)3)32-45(70)59-42(52(74)66(48)16)34-80-58(9,10)11/h19,21-22,25-26,35-39,41-44,46-48,69H,18,20,23-24,27-34H2,1-17H3,(H,59,70)(H,60,71)(H,61,72)/t37-,38+,39+,41-,42-,43-,44-,46-,47-,48?/m0/s1. The van der Waals surface area contributed by atoms with Gasteiger partial charge in [0.2, 0.25) is 35.4 Å². The van der Waals surface area contributed by atoms with E-state index in [0.717, 1.165) is 11.3 Å². The summed E-state index contributed by atoms with van der Waals surface area (Å²) in [6.07, 6.45) is 1.04. The molecule has 2 heterocycles. The van der Waals surface area contributed by atoms with E-state index >= 15 is 0 Å². The lowest BCUT2D eigenvalue weighted by Gasteiger charge is -2.38. The van der Waals surface area contributed by atoms with Gasteiger partial charge in [-0.15, -0.1) is 0 Å². The van der Waals surface area contributed by atoms with E-state index in [0.29, 0.717) is 37.9 Å². The highest BCUT2D eigenvalue weighted by Crippen LogP contribution is 2.23. The van der Waals surface area contributed by atoms with Crippen LogP contribution in [0.3, 0.4) is 0 Å². The number of ether oxygens (including phenoxy) is 1. The minimum absolute atomic E-state index is 0.0571. The molecule has 1 unspecified atom stereocenters. The largest absolute Gasteiger partial charge is 0.391 e. The number of aliphatic hydroxyl groups is 1. The molecular weight excluding hydrogens is 1030 g/mol. The van der Waals surface area contributed by atoms with Gasteiger partial charge in [-0.3, -0.25) is 48.1 Å². The molecule has 2 aliphatic rings. The quantitative estimate of drug-likeness (QED) is 0.221. The molecule has 0 bridgehead atoms. The molecule has 0 aliphatic carbocycles. The second-order valence-corrected chi connectivity index (χ2v) is 24.0. The van der Waals surface area contributed by atoms with Crippen molar-refractivity contribution in [3.63, 3.8) is 0 Å². The number of imide groups is 1. The van der Waals surface area contributed by atoms with Crippen LogP contribution in [0.5, 0.6) is 0 Å². The number of benzene rings is 1. The van der Waals surface area contributed by atoms with Gasteiger partial charge in [-0.05, 0) is 83.1 Å². The second kappa shape index (κ2) is 30.6. The number of carbonyl (C=O) groups is 10. The molecule has 2 fully saturated rings. The van der Waals surface area contributed by atoms with Gasteiger partial charge in [-0.2, -0.15) is 0 Å². The number of hydrogen-bond acceptors (Lipinski definition) is 12. The summed E-state index contributed by atoms with van der Waals surface area (Å²) in [4.78, 5) is 155. The Bertz CT molecular complexity index is 2300. The Morgan fingerprint density at radius 3 is 1.80 bits per heavy atom. The number of likely N-dealkylation sites (N-methyl/N-ethyl adjacent to an activating group) is 5. The molecule has 1 aromatic rings. The summed E-state index contributed by atoms with van der Waals surface area (Å²) >= 11 is 0. The molecule has 11 amide bonds. The zero-order valence-corrected chi connectivity index (χ0v) is 50.9. The van der Waals surface area contributed by atoms with Crippen LogP contribution in [-0.4, -0.2) is 221 Å². The van der Waals surface area contributed by atoms with Crippen LogP contribution in [0.25, 0.3) is 0 Å². The number of likely N-dealkylation sites (tertiary alicyclic amines) is 1. The van der Waals surface area contributed by atoms with E-state index < -0.39 is 125 Å². The Kier molecular flexibility index (Phi) is 26.1. The molecule has 22 heteroatoms. The van der Waals surface area contributed by atoms with Gasteiger partial charge in [0.15, 0.2) is 6.04 Å². The highest BCUT2D eigenvalue weighted by atomic mass is 16.5. The Morgan fingerprint density at radius 1 is 0.688 bits per heavy atom. The van der Waals surface area contributed by atoms with Crippen LogP contribution < -0.4 is 16.0 Å². The van der Waals surface area contributed by atoms with Crippen molar-refractivity contribution in [2.45, 2.75) is 182 Å². The molecule has 0 aromatic heterocycles. The molecule has 0 radical (unpaired) electrons. The lowest BCUT2D eigenvalue weighted by molar-refractivity contribution is -0.152. The summed E-state index contributed by atoms with van der Waals surface area (Å²) in [5.74, 6) is -8.43. The third-order valence-electron chi connectivity index (χ3n) is 15.2. The molecule has 0 saturated carbocycles. The summed E-state index contributed by atoms with van der Waals surface area (Å²) in [6.45, 7) is 19.3. The number of rotatable bonds is 12. The van der Waals surface area contributed by atoms with Crippen molar-refractivity contribution in [1.29, 1.82) is 0 Å². The average Bonchev–Trinajstić information content (AvgIpc) is 3.40. The summed E-state index contributed by atoms with van der Waals surface area (Å²) in [7, 11) is 8.29. The van der Waals surface area contributed by atoms with Crippen LogP contribution in [-0.2, 0) is 54.3 Å². The highest BCUT2D eigenvalue weighted by molar-refractivity contribution is 6.08. The van der Waals surface area contributed by atoms with Gasteiger partial charge in [0.1, 0.15) is 30.2 Å². The first-order valence-corrected chi connectivity index (χ1v) is 28.4. The van der Waals surface area contributed by atoms with Gasteiger partial charge in [0, 0.05) is 80.8 Å². The predicted molar refractivity (Wildman–Crippen MR) is 303 cm³/mol. The van der Waals surface area contributed by atoms with Gasteiger partial charge in [0.05, 0.1) is 24.2 Å². The number of urea groups is 1. The zero-order chi connectivity index (χ0) is 60.7. The van der Waals surface area contributed by atoms with E-state index in [-0.39, 0.29) is 50.7 Å². The lowest BCUT2D eigenvalue weighted by atomic mass is 9.95. The maximum absolute atomic E-state index is 15.0. The van der Waals surface area contributed by atoms with Crippen LogP contribution in [0.2, 0.25) is 0 Å². The fourth-order valence-corrected chi connectivity index (χ4v) is 10.2. The Balaban J connectivity index is 2.31. The Labute approximate surface area is 475 Å². The van der Waals surface area contributed by atoms with E-state index in [1.807, 2.05) is 34.6 Å². The predicted octanol–water partition coefficient (Wildman–Crippen LogP) is 2.89. The van der Waals surface area contributed by atoms with Crippen molar-refractivity contribution in [1.82, 2.24) is 50.2 Å². The highest BCUT2D eigenvalue weighted by Gasteiger charge is 2.44. The van der Waals surface area contributed by atoms with E-state index in [4.69, 9.17) is 4.74 Å². The molecule has 4 N–H and O–H groups in total. The van der Waals surface area contributed by atoms with Crippen LogP contribution in [0.15, 0.2) is 30.3 Å². The maximum atomic E-state index is 15.0. The van der Waals surface area contributed by atoms with Gasteiger partial charge < -0.3 is 55.2 Å². The van der Waals surface area contributed by atoms with E-state index in [2.05, 4.69) is 16.0 Å². The van der Waals surface area contributed by atoms with Crippen molar-refractivity contribution in [3.05, 3.63) is 35.9 Å². The molecule has 2 saturated heterocycles. The number of carbonyl (C=O) groups excluding carboxylic acids is 10. The molecule has 450 valence electrons. The average molecular weight is 1130 g/mol. The number of aliphatic hydroxyl groups excluding tert-OH is 1. The number of hydrogen-bond donors (Lipinski definition) is 4. The molecular formula is C58H96N10O12. The molecule has 3 rings (SSSR count). The van der Waals surface area contributed by atoms with Gasteiger partial charge in [0.25, 0.3) is 17.7 Å². The molecule has 0 spiro atoms. The molecule has 1 aromatic carbocycles. The molecule has 2 aliphatic heterocycles. The van der Waals surface area contributed by atoms with E-state index in [1.54, 1.807) is 65.0 Å². The summed E-state index contributed by atoms with van der Waals surface area (Å²) in [5, 5.41) is 19.3. The van der Waals surface area contributed by atoms with Crippen molar-refractivity contribution in [2.75, 3.05) is 68.5 Å². The molecule has 10 atom stereocenters. The third kappa shape index (κ3) is 19.0. The fraction of sp³-hybridized carbons (Fsp3) is 0.724. The van der Waals surface area contributed by atoms with Crippen molar-refractivity contribution in [2.24, 2.45) is 23.7 Å². The number of nitrogens with zero attached hydrogens (tertiary/aromatic N) is 7. The first-order chi connectivity index (χ1) is 37.2. The monoisotopic (exact) mass is 1120 g/mol. The van der Waals surface area contributed by atoms with Gasteiger partial charge >= 0.3 is 6.03 Å². The van der Waals surface area contributed by atoms with Crippen molar-refractivity contribution in [3.8, 4) is 0 Å². The van der Waals surface area contributed by atoms with Crippen LogP contribution in [0, 0.1) is 23.7 Å². The topological polar surface area (TPSA) is 259 Å². The van der Waals surface area contributed by atoms with E-state index in [1.165, 1.54) is 78.6 Å². The SMILES string of the molecule is CC[C@H](C)C1C(=O)N[C@H](C(=O)N2CCCCC2)C(=O)N(C)C[C@@H](C)C(=O)N(C)[C@@H](CC(C)C)C(=O)N(C)[C@@H](Cc2ccccc2)C(=O)N[C@@H]([C@@H](C)O)C(=O)N(C)C(=O)N(C)[C@@H](CC(C)C)CC(=O)N[C@@H](COC(C)(C)C)C(=O)N1C. The first kappa shape index (κ1) is 68.1. The second-order valence-electron chi connectivity index (χ2n) is 24.0. The Morgan fingerprint density at radius 2 is 1.26 bits per heavy atom. The molecule has 80 heavy (non-hydrogen) atoms. The summed E-state index contributed by atoms with van der Waals surface area (Å²) in [6, 6.07) is -1.52. The van der Waals surface area contributed by atoms with Crippen LogP contribution in [0.4, 0.5) is 4.79 Å². The van der Waals surface area contributed by atoms with Crippen molar-refractivity contribution >= 4 is 59.2 Å². The lowest BCUT2D eigenvalue weighted by Crippen LogP contribution is -2.63. The smallest absolute Gasteiger partial charge is 0.326 e. The maximum Gasteiger partial charge on any atom is 0.326 e. The van der Waals surface area contributed by atoms with Crippen LogP contribution >= 0.6 is 0 Å². The number of nitrogens with one attached hydrogen (secondary N) is 3. The van der Waals surface area contributed by atoms with Gasteiger partial charge in [-0.1, -0.05) is 85.2 Å². The zero-order valence-electron chi connectivity index (χ0n) is 50.9. The minimum Gasteiger partial charge on any atom is -0.391 e. The van der Waals surface area contributed by atoms with Crippen molar-refractivity contribution < 1.29 is 57.8 Å². The number of amides is 11. The molecule has 22 nitrogen and oxygen atoms in total. The minimum atomic E-state index is -1.76. The number of piperidine rings is 1. The summed E-state index contributed by atoms with van der Waals surface area (Å²) in [5.41, 5.74) is -0.149. The van der Waals surface area contributed by atoms with Gasteiger partial charge in [-0.25, -0.2) is 4.79 Å². The summed E-state index contributed by atoms with van der Waals surface area (Å²) < 4.78 is 6.08. The van der Waals surface area contributed by atoms with Crippen LogP contribution in [0.1, 0.15) is 127 Å².